The fourth-order valence-corrected chi connectivity index (χ4v) is 1.77. The van der Waals surface area contributed by atoms with Crippen LogP contribution in [0.2, 0.25) is 0 Å². The van der Waals surface area contributed by atoms with Crippen molar-refractivity contribution >= 4 is 18.1 Å². The minimum absolute atomic E-state index is 0.0484. The Morgan fingerprint density at radius 1 is 1.40 bits per heavy atom. The number of alkyl carbamates (subject to hydrolysis) is 1. The zero-order valence-electron chi connectivity index (χ0n) is 11.9. The Kier molecular flexibility index (Phi) is 5.18. The predicted octanol–water partition coefficient (Wildman–Crippen LogP) is 0.237. The summed E-state index contributed by atoms with van der Waals surface area (Å²) < 4.78 is 4.49. The fourth-order valence-electron chi connectivity index (χ4n) is 1.77. The third kappa shape index (κ3) is 4.29. The lowest BCUT2D eigenvalue weighted by Crippen LogP contribution is -2.46. The highest BCUT2D eigenvalue weighted by Gasteiger charge is 2.31. The van der Waals surface area contributed by atoms with Crippen LogP contribution in [0.15, 0.2) is 0 Å². The van der Waals surface area contributed by atoms with Gasteiger partial charge in [-0.05, 0) is 20.3 Å². The van der Waals surface area contributed by atoms with Gasteiger partial charge < -0.3 is 25.4 Å². The van der Waals surface area contributed by atoms with Gasteiger partial charge in [0.2, 0.25) is 0 Å². The molecule has 0 spiro atoms. The second-order valence-corrected chi connectivity index (χ2v) is 5.42. The molecule has 0 saturated carbocycles. The van der Waals surface area contributed by atoms with Crippen molar-refractivity contribution < 1.29 is 24.2 Å². The van der Waals surface area contributed by atoms with E-state index >= 15 is 0 Å². The van der Waals surface area contributed by atoms with Gasteiger partial charge >= 0.3 is 18.1 Å². The van der Waals surface area contributed by atoms with Crippen LogP contribution in [-0.4, -0.2) is 60.9 Å². The number of carbonyl (C=O) groups is 3. The van der Waals surface area contributed by atoms with Gasteiger partial charge in [-0.1, -0.05) is 0 Å². The molecule has 1 fully saturated rings. The summed E-state index contributed by atoms with van der Waals surface area (Å²) in [5, 5.41) is 14.2. The highest BCUT2D eigenvalue weighted by molar-refractivity contribution is 5.78. The van der Waals surface area contributed by atoms with E-state index in [4.69, 9.17) is 5.11 Å². The maximum atomic E-state index is 11.9. The first-order valence-electron chi connectivity index (χ1n) is 6.37. The largest absolute Gasteiger partial charge is 0.481 e. The van der Waals surface area contributed by atoms with E-state index in [1.165, 1.54) is 7.11 Å². The summed E-state index contributed by atoms with van der Waals surface area (Å²) in [5.41, 5.74) is -1.01. The van der Waals surface area contributed by atoms with Gasteiger partial charge in [0.25, 0.3) is 0 Å². The number of hydrogen-bond donors (Lipinski definition) is 3. The van der Waals surface area contributed by atoms with Gasteiger partial charge in [0.1, 0.15) is 0 Å². The summed E-state index contributed by atoms with van der Waals surface area (Å²) in [7, 11) is 1.28. The van der Waals surface area contributed by atoms with Crippen LogP contribution in [0.25, 0.3) is 0 Å². The maximum Gasteiger partial charge on any atom is 0.407 e. The van der Waals surface area contributed by atoms with Crippen molar-refractivity contribution in [3.63, 3.8) is 0 Å². The van der Waals surface area contributed by atoms with Crippen LogP contribution in [0.3, 0.4) is 0 Å². The number of likely N-dealkylation sites (tertiary alicyclic amines) is 1. The standard InChI is InChI=1S/C12H21N3O5/c1-12(2,9(16)17)7-13-10(18)15-5-4-8(6-15)14-11(19)20-3/h8H,4-7H2,1-3H3,(H,13,18)(H,14,19)(H,16,17). The molecular weight excluding hydrogens is 266 g/mol. The van der Waals surface area contributed by atoms with Gasteiger partial charge in [-0.3, -0.25) is 4.79 Å². The van der Waals surface area contributed by atoms with E-state index in [1.807, 2.05) is 0 Å². The molecule has 0 radical (unpaired) electrons. The van der Waals surface area contributed by atoms with Crippen LogP contribution < -0.4 is 10.6 Å². The molecule has 3 amide bonds. The van der Waals surface area contributed by atoms with E-state index in [0.29, 0.717) is 19.5 Å². The number of methoxy groups -OCH3 is 1. The molecule has 0 bridgehead atoms. The monoisotopic (exact) mass is 287 g/mol. The Labute approximate surface area is 117 Å². The fraction of sp³-hybridized carbons (Fsp3) is 0.750. The molecule has 0 aromatic carbocycles. The van der Waals surface area contributed by atoms with Gasteiger partial charge in [0.05, 0.1) is 18.6 Å². The third-order valence-corrected chi connectivity index (χ3v) is 3.24. The molecule has 20 heavy (non-hydrogen) atoms. The van der Waals surface area contributed by atoms with E-state index in [9.17, 15) is 14.4 Å². The van der Waals surface area contributed by atoms with Crippen LogP contribution >= 0.6 is 0 Å². The number of carboxylic acids is 1. The van der Waals surface area contributed by atoms with Crippen molar-refractivity contribution in [2.75, 3.05) is 26.7 Å². The van der Waals surface area contributed by atoms with Crippen molar-refractivity contribution in [3.05, 3.63) is 0 Å². The summed E-state index contributed by atoms with van der Waals surface area (Å²) >= 11 is 0. The molecule has 1 unspecified atom stereocenters. The molecule has 1 aliphatic heterocycles. The van der Waals surface area contributed by atoms with E-state index in [-0.39, 0.29) is 18.6 Å². The summed E-state index contributed by atoms with van der Waals surface area (Å²) in [6.07, 6.45) is 0.120. The van der Waals surface area contributed by atoms with Crippen LogP contribution in [0.1, 0.15) is 20.3 Å². The van der Waals surface area contributed by atoms with Crippen molar-refractivity contribution in [2.45, 2.75) is 26.3 Å². The quantitative estimate of drug-likeness (QED) is 0.686. The van der Waals surface area contributed by atoms with Crippen LogP contribution in [-0.2, 0) is 9.53 Å². The highest BCUT2D eigenvalue weighted by Crippen LogP contribution is 2.14. The Morgan fingerprint density at radius 3 is 2.60 bits per heavy atom. The van der Waals surface area contributed by atoms with Crippen LogP contribution in [0.5, 0.6) is 0 Å². The van der Waals surface area contributed by atoms with Crippen molar-refractivity contribution in [1.82, 2.24) is 15.5 Å². The number of nitrogens with one attached hydrogen (secondary N) is 2. The number of amides is 3. The Hall–Kier alpha value is -1.99. The van der Waals surface area contributed by atoms with E-state index in [1.54, 1.807) is 18.7 Å². The number of carboxylic acid groups (broad SMARTS) is 1. The van der Waals surface area contributed by atoms with Gasteiger partial charge in [-0.15, -0.1) is 0 Å². The van der Waals surface area contributed by atoms with Gasteiger partial charge in [0.15, 0.2) is 0 Å². The first-order chi connectivity index (χ1) is 9.26. The average molecular weight is 287 g/mol. The predicted molar refractivity (Wildman–Crippen MR) is 70.3 cm³/mol. The number of aliphatic carboxylic acids is 1. The zero-order chi connectivity index (χ0) is 15.3. The topological polar surface area (TPSA) is 108 Å². The molecule has 0 aromatic heterocycles. The van der Waals surface area contributed by atoms with Crippen LogP contribution in [0.4, 0.5) is 9.59 Å². The highest BCUT2D eigenvalue weighted by atomic mass is 16.5. The zero-order valence-corrected chi connectivity index (χ0v) is 11.9. The Morgan fingerprint density at radius 2 is 2.05 bits per heavy atom. The van der Waals surface area contributed by atoms with Crippen LogP contribution in [0, 0.1) is 5.41 Å². The minimum Gasteiger partial charge on any atom is -0.481 e. The molecule has 8 heteroatoms. The molecule has 1 aliphatic rings. The number of nitrogens with zero attached hydrogens (tertiary/aromatic N) is 1. The summed E-state index contributed by atoms with van der Waals surface area (Å²) in [5.74, 6) is -0.968. The van der Waals surface area contributed by atoms with E-state index in [0.717, 1.165) is 0 Å². The smallest absolute Gasteiger partial charge is 0.407 e. The van der Waals surface area contributed by atoms with Crippen molar-refractivity contribution in [2.24, 2.45) is 5.41 Å². The second-order valence-electron chi connectivity index (χ2n) is 5.42. The number of urea groups is 1. The first kappa shape index (κ1) is 16.1. The van der Waals surface area contributed by atoms with Crippen molar-refractivity contribution in [1.29, 1.82) is 0 Å². The molecular formula is C12H21N3O5. The molecule has 1 heterocycles. The number of hydrogen-bond acceptors (Lipinski definition) is 4. The lowest BCUT2D eigenvalue weighted by atomic mass is 9.94. The number of carbonyl (C=O) groups excluding carboxylic acids is 2. The van der Waals surface area contributed by atoms with Gasteiger partial charge in [0, 0.05) is 19.6 Å². The lowest BCUT2D eigenvalue weighted by molar-refractivity contribution is -0.146. The van der Waals surface area contributed by atoms with E-state index < -0.39 is 17.5 Å². The summed E-state index contributed by atoms with van der Waals surface area (Å²) in [4.78, 5) is 35.4. The molecule has 1 atom stereocenters. The molecule has 0 aliphatic carbocycles. The maximum absolute atomic E-state index is 11.9. The third-order valence-electron chi connectivity index (χ3n) is 3.24. The second kappa shape index (κ2) is 6.44. The average Bonchev–Trinajstić information content (AvgIpc) is 2.84. The molecule has 1 rings (SSSR count). The summed E-state index contributed by atoms with van der Waals surface area (Å²) in [6, 6.07) is -0.464. The normalized spacial score (nSPS) is 18.6. The van der Waals surface area contributed by atoms with E-state index in [2.05, 4.69) is 15.4 Å². The Bertz CT molecular complexity index is 397. The van der Waals surface area contributed by atoms with Gasteiger partial charge in [-0.25, -0.2) is 9.59 Å². The molecule has 1 saturated heterocycles. The number of ether oxygens (including phenoxy) is 1. The molecule has 8 nitrogen and oxygen atoms in total. The minimum atomic E-state index is -1.01. The van der Waals surface area contributed by atoms with Gasteiger partial charge in [-0.2, -0.15) is 0 Å². The lowest BCUT2D eigenvalue weighted by Gasteiger charge is -2.23. The SMILES string of the molecule is COC(=O)NC1CCN(C(=O)NCC(C)(C)C(=O)O)C1. The molecule has 3 N–H and O–H groups in total. The first-order valence-corrected chi connectivity index (χ1v) is 6.37. The Balaban J connectivity index is 2.39. The summed E-state index contributed by atoms with van der Waals surface area (Å²) in [6.45, 7) is 4.03. The molecule has 114 valence electrons. The number of rotatable bonds is 4. The molecule has 0 aromatic rings. The van der Waals surface area contributed by atoms with Crippen molar-refractivity contribution in [3.8, 4) is 0 Å².